The van der Waals surface area contributed by atoms with Gasteiger partial charge in [-0.1, -0.05) is 0 Å². The van der Waals surface area contributed by atoms with Gasteiger partial charge in [-0.05, 0) is 6.92 Å². The molecule has 0 amide bonds. The van der Waals surface area contributed by atoms with Gasteiger partial charge in [0.2, 0.25) is 0 Å². The lowest BCUT2D eigenvalue weighted by Crippen LogP contribution is -2.37. The van der Waals surface area contributed by atoms with Crippen LogP contribution in [-0.4, -0.2) is 35.1 Å². The number of nitrogens with zero attached hydrogens (tertiary/aromatic N) is 2. The first-order valence-corrected chi connectivity index (χ1v) is 4.82. The maximum absolute atomic E-state index is 5.79. The molecule has 1 aromatic rings. The highest BCUT2D eigenvalue weighted by Gasteiger charge is 2.26. The van der Waals surface area contributed by atoms with E-state index in [0.717, 1.165) is 12.3 Å². The molecule has 2 unspecified atom stereocenters. The van der Waals surface area contributed by atoms with Gasteiger partial charge in [0.25, 0.3) is 0 Å². The molecule has 0 saturated carbocycles. The highest BCUT2D eigenvalue weighted by atomic mass is 16.5. The second kappa shape index (κ2) is 3.98. The fourth-order valence-corrected chi connectivity index (χ4v) is 1.43. The van der Waals surface area contributed by atoms with E-state index >= 15 is 0 Å². The van der Waals surface area contributed by atoms with Crippen LogP contribution in [0.5, 0.6) is 5.75 Å². The molecular formula is C9H15N3O2. The van der Waals surface area contributed by atoms with E-state index in [-0.39, 0.29) is 12.1 Å². The molecule has 5 heteroatoms. The lowest BCUT2D eigenvalue weighted by atomic mass is 10.2. The van der Waals surface area contributed by atoms with Crippen molar-refractivity contribution in [2.45, 2.75) is 25.6 Å². The molecule has 1 aliphatic rings. The third-order valence-electron chi connectivity index (χ3n) is 2.29. The Morgan fingerprint density at radius 3 is 3.14 bits per heavy atom. The molecule has 2 N–H and O–H groups in total. The number of hydrogen-bond donors (Lipinski definition) is 1. The molecule has 0 spiro atoms. The van der Waals surface area contributed by atoms with Crippen molar-refractivity contribution in [2.24, 2.45) is 5.73 Å². The number of aryl methyl sites for hydroxylation is 1. The Labute approximate surface area is 82.8 Å². The minimum atomic E-state index is -0.0375. The largest absolute Gasteiger partial charge is 0.483 e. The molecule has 0 radical (unpaired) electrons. The van der Waals surface area contributed by atoms with Crippen molar-refractivity contribution in [3.8, 4) is 5.75 Å². The van der Waals surface area contributed by atoms with Crippen molar-refractivity contribution in [3.05, 3.63) is 12.4 Å². The first kappa shape index (κ1) is 9.48. The number of hydrogen-bond acceptors (Lipinski definition) is 4. The molecule has 0 bridgehead atoms. The van der Waals surface area contributed by atoms with E-state index in [1.807, 2.05) is 17.8 Å². The summed E-state index contributed by atoms with van der Waals surface area (Å²) >= 11 is 0. The van der Waals surface area contributed by atoms with E-state index < -0.39 is 0 Å². The van der Waals surface area contributed by atoms with Crippen LogP contribution in [0.3, 0.4) is 0 Å². The fourth-order valence-electron chi connectivity index (χ4n) is 1.43. The summed E-state index contributed by atoms with van der Waals surface area (Å²) < 4.78 is 12.7. The summed E-state index contributed by atoms with van der Waals surface area (Å²) in [7, 11) is 0. The Balaban J connectivity index is 1.96. The van der Waals surface area contributed by atoms with Crippen LogP contribution in [0.1, 0.15) is 6.92 Å². The van der Waals surface area contributed by atoms with E-state index in [1.165, 1.54) is 0 Å². The number of rotatable bonds is 3. The quantitative estimate of drug-likeness (QED) is 0.741. The second-order valence-corrected chi connectivity index (χ2v) is 3.39. The van der Waals surface area contributed by atoms with Crippen LogP contribution in [0.2, 0.25) is 0 Å². The van der Waals surface area contributed by atoms with Gasteiger partial charge in [-0.25, -0.2) is 0 Å². The van der Waals surface area contributed by atoms with E-state index in [0.29, 0.717) is 13.2 Å². The maximum Gasteiger partial charge on any atom is 0.157 e. The smallest absolute Gasteiger partial charge is 0.157 e. The zero-order chi connectivity index (χ0) is 9.97. The minimum absolute atomic E-state index is 0.0278. The third kappa shape index (κ3) is 1.88. The number of ether oxygens (including phenoxy) is 2. The van der Waals surface area contributed by atoms with Crippen molar-refractivity contribution in [3.63, 3.8) is 0 Å². The van der Waals surface area contributed by atoms with Crippen LogP contribution in [0, 0.1) is 0 Å². The van der Waals surface area contributed by atoms with Gasteiger partial charge in [-0.15, -0.1) is 0 Å². The standard InChI is InChI=1S/C9H15N3O2/c1-2-12-4-7(3-11-12)14-9-6-13-5-8(9)10/h3-4,8-9H,2,5-6,10H2,1H3. The highest BCUT2D eigenvalue weighted by molar-refractivity contribution is 5.12. The van der Waals surface area contributed by atoms with E-state index in [1.54, 1.807) is 6.20 Å². The molecule has 0 aliphatic carbocycles. The Kier molecular flexibility index (Phi) is 2.69. The summed E-state index contributed by atoms with van der Waals surface area (Å²) in [4.78, 5) is 0. The molecule has 78 valence electrons. The zero-order valence-corrected chi connectivity index (χ0v) is 8.22. The highest BCUT2D eigenvalue weighted by Crippen LogP contribution is 2.15. The minimum Gasteiger partial charge on any atom is -0.483 e. The monoisotopic (exact) mass is 197 g/mol. The van der Waals surface area contributed by atoms with E-state index in [4.69, 9.17) is 15.2 Å². The lowest BCUT2D eigenvalue weighted by Gasteiger charge is -2.13. The summed E-state index contributed by atoms with van der Waals surface area (Å²) in [5.74, 6) is 0.762. The molecule has 1 fully saturated rings. The summed E-state index contributed by atoms with van der Waals surface area (Å²) in [6.45, 7) is 4.02. The SMILES string of the molecule is CCn1cc(OC2COCC2N)cn1. The Bertz CT molecular complexity index is 300. The normalized spacial score (nSPS) is 26.7. The van der Waals surface area contributed by atoms with Crippen LogP contribution in [0.25, 0.3) is 0 Å². The van der Waals surface area contributed by atoms with Crippen molar-refractivity contribution in [1.82, 2.24) is 9.78 Å². The molecule has 1 aliphatic heterocycles. The van der Waals surface area contributed by atoms with Crippen molar-refractivity contribution in [2.75, 3.05) is 13.2 Å². The fraction of sp³-hybridized carbons (Fsp3) is 0.667. The predicted molar refractivity (Wildman–Crippen MR) is 51.1 cm³/mol. The summed E-state index contributed by atoms with van der Waals surface area (Å²) in [6, 6.07) is -0.0278. The Morgan fingerprint density at radius 1 is 1.71 bits per heavy atom. The van der Waals surface area contributed by atoms with Crippen LogP contribution in [0.15, 0.2) is 12.4 Å². The molecular weight excluding hydrogens is 182 g/mol. The first-order valence-electron chi connectivity index (χ1n) is 4.82. The second-order valence-electron chi connectivity index (χ2n) is 3.39. The van der Waals surface area contributed by atoms with Gasteiger partial charge in [0, 0.05) is 6.54 Å². The van der Waals surface area contributed by atoms with E-state index in [9.17, 15) is 0 Å². The van der Waals surface area contributed by atoms with Crippen molar-refractivity contribution < 1.29 is 9.47 Å². The van der Waals surface area contributed by atoms with Gasteiger partial charge in [0.15, 0.2) is 5.75 Å². The molecule has 1 aromatic heterocycles. The van der Waals surface area contributed by atoms with Gasteiger partial charge < -0.3 is 15.2 Å². The van der Waals surface area contributed by atoms with Crippen molar-refractivity contribution in [1.29, 1.82) is 0 Å². The molecule has 5 nitrogen and oxygen atoms in total. The molecule has 2 heterocycles. The summed E-state index contributed by atoms with van der Waals surface area (Å²) in [5, 5.41) is 4.11. The van der Waals surface area contributed by atoms with Crippen LogP contribution >= 0.6 is 0 Å². The predicted octanol–water partition coefficient (Wildman–Crippen LogP) is 0.00790. The Morgan fingerprint density at radius 2 is 2.57 bits per heavy atom. The number of nitrogens with two attached hydrogens (primary N) is 1. The van der Waals surface area contributed by atoms with Crippen LogP contribution < -0.4 is 10.5 Å². The maximum atomic E-state index is 5.79. The van der Waals surface area contributed by atoms with Gasteiger partial charge in [-0.2, -0.15) is 5.10 Å². The van der Waals surface area contributed by atoms with Crippen LogP contribution in [-0.2, 0) is 11.3 Å². The average Bonchev–Trinajstić information content (AvgIpc) is 2.77. The van der Waals surface area contributed by atoms with Gasteiger partial charge >= 0.3 is 0 Å². The average molecular weight is 197 g/mol. The summed E-state index contributed by atoms with van der Waals surface area (Å²) in [5.41, 5.74) is 5.79. The molecule has 2 rings (SSSR count). The molecule has 0 aromatic carbocycles. The first-order chi connectivity index (χ1) is 6.79. The van der Waals surface area contributed by atoms with Crippen molar-refractivity contribution >= 4 is 0 Å². The molecule has 2 atom stereocenters. The molecule has 1 saturated heterocycles. The Hall–Kier alpha value is -1.07. The summed E-state index contributed by atoms with van der Waals surface area (Å²) in [6.07, 6.45) is 3.53. The molecule has 14 heavy (non-hydrogen) atoms. The number of aromatic nitrogens is 2. The van der Waals surface area contributed by atoms with Gasteiger partial charge in [0.1, 0.15) is 6.10 Å². The lowest BCUT2D eigenvalue weighted by molar-refractivity contribution is 0.140. The zero-order valence-electron chi connectivity index (χ0n) is 8.22. The van der Waals surface area contributed by atoms with Gasteiger partial charge in [-0.3, -0.25) is 4.68 Å². The topological polar surface area (TPSA) is 62.3 Å². The van der Waals surface area contributed by atoms with E-state index in [2.05, 4.69) is 5.10 Å². The third-order valence-corrected chi connectivity index (χ3v) is 2.29. The van der Waals surface area contributed by atoms with Gasteiger partial charge in [0.05, 0.1) is 31.6 Å². The van der Waals surface area contributed by atoms with Crippen LogP contribution in [0.4, 0.5) is 0 Å².